The van der Waals surface area contributed by atoms with Gasteiger partial charge in [-0.05, 0) is 63.5 Å². The number of hydrogen-bond donors (Lipinski definition) is 0. The van der Waals surface area contributed by atoms with Crippen molar-refractivity contribution in [3.63, 3.8) is 0 Å². The summed E-state index contributed by atoms with van der Waals surface area (Å²) in [4.78, 5) is 14.6. The Kier molecular flexibility index (Phi) is 7.66. The van der Waals surface area contributed by atoms with Crippen molar-refractivity contribution in [2.45, 2.75) is 32.1 Å². The van der Waals surface area contributed by atoms with Crippen molar-refractivity contribution in [2.24, 2.45) is 0 Å². The number of benzene rings is 1. The first kappa shape index (κ1) is 18.9. The molecule has 0 amide bonds. The van der Waals surface area contributed by atoms with E-state index in [9.17, 15) is 4.79 Å². The monoisotopic (exact) mass is 354 g/mol. The van der Waals surface area contributed by atoms with Gasteiger partial charge in [0.05, 0.1) is 12.2 Å². The molecule has 1 aromatic rings. The highest BCUT2D eigenvalue weighted by Crippen LogP contribution is 2.30. The lowest BCUT2D eigenvalue weighted by Gasteiger charge is -2.26. The minimum absolute atomic E-state index is 0. The van der Waals surface area contributed by atoms with E-state index in [1.54, 1.807) is 18.2 Å². The molecule has 134 valence electrons. The first-order chi connectivity index (χ1) is 11.3. The molecule has 5 nitrogen and oxygen atoms in total. The molecular weight excluding hydrogens is 330 g/mol. The number of halogens is 1. The van der Waals surface area contributed by atoms with Gasteiger partial charge in [0.2, 0.25) is 0 Å². The summed E-state index contributed by atoms with van der Waals surface area (Å²) in [5.41, 5.74) is 0.519. The van der Waals surface area contributed by atoms with Crippen LogP contribution in [0.1, 0.15) is 42.5 Å². The molecule has 6 heteroatoms. The summed E-state index contributed by atoms with van der Waals surface area (Å²) in [6.45, 7) is 5.09. The largest absolute Gasteiger partial charge is 1.00 e. The zero-order valence-corrected chi connectivity index (χ0v) is 14.7. The molecule has 0 N–H and O–H groups in total. The number of nitrogens with zero attached hydrogens (tertiary/aromatic N) is 1. The number of esters is 1. The van der Waals surface area contributed by atoms with Gasteiger partial charge < -0.3 is 31.5 Å². The van der Waals surface area contributed by atoms with Crippen molar-refractivity contribution >= 4 is 5.97 Å². The van der Waals surface area contributed by atoms with Gasteiger partial charge in [-0.1, -0.05) is 6.42 Å². The van der Waals surface area contributed by atoms with Crippen LogP contribution in [0.2, 0.25) is 0 Å². The molecule has 2 aliphatic rings. The molecule has 0 aliphatic carbocycles. The van der Waals surface area contributed by atoms with Gasteiger partial charge in [-0.15, -0.1) is 0 Å². The van der Waals surface area contributed by atoms with Crippen molar-refractivity contribution in [3.05, 3.63) is 23.8 Å². The van der Waals surface area contributed by atoms with Crippen LogP contribution >= 0.6 is 0 Å². The van der Waals surface area contributed by atoms with Gasteiger partial charge in [-0.25, -0.2) is 4.79 Å². The van der Waals surface area contributed by atoms with E-state index in [0.717, 1.165) is 19.4 Å². The second kappa shape index (κ2) is 9.74. The lowest BCUT2D eigenvalue weighted by molar-refractivity contribution is -0.0000236. The van der Waals surface area contributed by atoms with Crippen LogP contribution in [-0.4, -0.2) is 50.3 Å². The van der Waals surface area contributed by atoms with Crippen molar-refractivity contribution in [1.29, 1.82) is 0 Å². The standard InChI is InChI=1S/C18H25NO4.ClH/c20-18(15-6-7-16-17(14-15)22-13-12-21-16)23-11-5-4-10-19-8-2-1-3-9-19;/h6-7,14H,1-5,8-13H2;1H/p-1. The minimum Gasteiger partial charge on any atom is -1.00 e. The maximum absolute atomic E-state index is 12.1. The van der Waals surface area contributed by atoms with E-state index in [1.807, 2.05) is 0 Å². The Morgan fingerprint density at radius 2 is 1.79 bits per heavy atom. The fourth-order valence-corrected chi connectivity index (χ4v) is 3.04. The number of ether oxygens (including phenoxy) is 3. The van der Waals surface area contributed by atoms with E-state index >= 15 is 0 Å². The lowest BCUT2D eigenvalue weighted by Crippen LogP contribution is -3.00. The fraction of sp³-hybridized carbons (Fsp3) is 0.611. The summed E-state index contributed by atoms with van der Waals surface area (Å²) in [5.74, 6) is 1.02. The number of piperidine rings is 1. The van der Waals surface area contributed by atoms with Crippen LogP contribution in [0.3, 0.4) is 0 Å². The normalized spacial score (nSPS) is 17.0. The third-order valence-electron chi connectivity index (χ3n) is 4.33. The third kappa shape index (κ3) is 5.28. The molecule has 1 saturated heterocycles. The molecule has 0 spiro atoms. The maximum Gasteiger partial charge on any atom is 0.338 e. The summed E-state index contributed by atoms with van der Waals surface area (Å²) < 4.78 is 16.3. The molecule has 0 bridgehead atoms. The number of hydrogen-bond acceptors (Lipinski definition) is 5. The Hall–Kier alpha value is -1.46. The fourth-order valence-electron chi connectivity index (χ4n) is 3.04. The van der Waals surface area contributed by atoms with Crippen molar-refractivity contribution in [1.82, 2.24) is 4.90 Å². The van der Waals surface area contributed by atoms with Crippen LogP contribution in [0.15, 0.2) is 18.2 Å². The molecule has 0 saturated carbocycles. The molecule has 0 radical (unpaired) electrons. The van der Waals surface area contributed by atoms with Crippen molar-refractivity contribution < 1.29 is 31.4 Å². The average Bonchev–Trinajstić information content (AvgIpc) is 2.61. The molecule has 1 fully saturated rings. The van der Waals surface area contributed by atoms with Crippen LogP contribution in [-0.2, 0) is 4.74 Å². The van der Waals surface area contributed by atoms with Gasteiger partial charge in [0.15, 0.2) is 11.5 Å². The summed E-state index contributed by atoms with van der Waals surface area (Å²) in [6.07, 6.45) is 5.99. The Morgan fingerprint density at radius 1 is 1.04 bits per heavy atom. The lowest BCUT2D eigenvalue weighted by atomic mass is 10.1. The Bertz CT molecular complexity index is 532. The van der Waals surface area contributed by atoms with Gasteiger partial charge >= 0.3 is 5.97 Å². The highest BCUT2D eigenvalue weighted by atomic mass is 35.5. The predicted octanol–water partition coefficient (Wildman–Crippen LogP) is -0.115. The molecule has 1 aromatic carbocycles. The minimum atomic E-state index is -0.292. The van der Waals surface area contributed by atoms with Crippen LogP contribution in [0.5, 0.6) is 11.5 Å². The second-order valence-corrected chi connectivity index (χ2v) is 6.10. The topological polar surface area (TPSA) is 48.0 Å². The SMILES string of the molecule is O=C(OCCCCN1CCCCC1)c1ccc2c(c1)OCCO2.[Cl-]. The van der Waals surface area contributed by atoms with E-state index in [2.05, 4.69) is 4.90 Å². The summed E-state index contributed by atoms with van der Waals surface area (Å²) in [6, 6.07) is 5.19. The van der Waals surface area contributed by atoms with Gasteiger partial charge in [-0.2, -0.15) is 0 Å². The summed E-state index contributed by atoms with van der Waals surface area (Å²) in [5, 5.41) is 0. The molecule has 2 heterocycles. The van der Waals surface area contributed by atoms with Gasteiger partial charge in [-0.3, -0.25) is 0 Å². The van der Waals surface area contributed by atoms with E-state index in [-0.39, 0.29) is 18.4 Å². The van der Waals surface area contributed by atoms with Crippen LogP contribution in [0.4, 0.5) is 0 Å². The Morgan fingerprint density at radius 3 is 2.58 bits per heavy atom. The molecular formula is C18H25ClNO4-. The highest BCUT2D eigenvalue weighted by molar-refractivity contribution is 5.90. The molecule has 0 aromatic heterocycles. The number of rotatable bonds is 6. The summed E-state index contributed by atoms with van der Waals surface area (Å²) >= 11 is 0. The number of carbonyl (C=O) groups is 1. The Labute approximate surface area is 149 Å². The number of likely N-dealkylation sites (tertiary alicyclic amines) is 1. The first-order valence-corrected chi connectivity index (χ1v) is 8.62. The third-order valence-corrected chi connectivity index (χ3v) is 4.33. The quantitative estimate of drug-likeness (QED) is 0.527. The molecule has 0 atom stereocenters. The van der Waals surface area contributed by atoms with E-state index < -0.39 is 0 Å². The van der Waals surface area contributed by atoms with E-state index in [1.165, 1.54) is 32.4 Å². The van der Waals surface area contributed by atoms with Crippen LogP contribution < -0.4 is 21.9 Å². The maximum atomic E-state index is 12.1. The molecule has 0 unspecified atom stereocenters. The second-order valence-electron chi connectivity index (χ2n) is 6.10. The first-order valence-electron chi connectivity index (χ1n) is 8.62. The zero-order chi connectivity index (χ0) is 15.9. The number of carbonyl (C=O) groups excluding carboxylic acids is 1. The average molecular weight is 355 g/mol. The van der Waals surface area contributed by atoms with E-state index in [0.29, 0.717) is 36.9 Å². The van der Waals surface area contributed by atoms with Gasteiger partial charge in [0.25, 0.3) is 0 Å². The van der Waals surface area contributed by atoms with Crippen molar-refractivity contribution in [3.8, 4) is 11.5 Å². The molecule has 24 heavy (non-hydrogen) atoms. The van der Waals surface area contributed by atoms with Crippen LogP contribution in [0, 0.1) is 0 Å². The molecule has 3 rings (SSSR count). The Balaban J connectivity index is 0.00000208. The number of unbranched alkanes of at least 4 members (excludes halogenated alkanes) is 1. The smallest absolute Gasteiger partial charge is 0.338 e. The highest BCUT2D eigenvalue weighted by Gasteiger charge is 2.15. The molecule has 2 aliphatic heterocycles. The predicted molar refractivity (Wildman–Crippen MR) is 87.2 cm³/mol. The van der Waals surface area contributed by atoms with E-state index in [4.69, 9.17) is 14.2 Å². The summed E-state index contributed by atoms with van der Waals surface area (Å²) in [7, 11) is 0. The number of fused-ring (bicyclic) bond motifs is 1. The van der Waals surface area contributed by atoms with Gasteiger partial charge in [0, 0.05) is 0 Å². The van der Waals surface area contributed by atoms with Crippen molar-refractivity contribution in [2.75, 3.05) is 39.5 Å². The van der Waals surface area contributed by atoms with Gasteiger partial charge in [0.1, 0.15) is 13.2 Å². The van der Waals surface area contributed by atoms with Crippen LogP contribution in [0.25, 0.3) is 0 Å². The zero-order valence-electron chi connectivity index (χ0n) is 14.0.